The fraction of sp³-hybridized carbons (Fsp3) is 0.529. The molecule has 25 heavy (non-hydrogen) atoms. The number of aryl methyl sites for hydroxylation is 1. The number of hydrogen-bond donors (Lipinski definition) is 2. The van der Waals surface area contributed by atoms with Gasteiger partial charge in [-0.05, 0) is 31.5 Å². The maximum Gasteiger partial charge on any atom is 0.264 e. The minimum atomic E-state index is -0.395. The monoisotopic (exact) mass is 361 g/mol. The Morgan fingerprint density at radius 2 is 2.20 bits per heavy atom. The zero-order valence-corrected chi connectivity index (χ0v) is 14.9. The number of aromatic nitrogens is 4. The molecule has 2 N–H and O–H groups in total. The van der Waals surface area contributed by atoms with Crippen LogP contribution in [-0.2, 0) is 6.54 Å². The Bertz CT molecular complexity index is 832. The van der Waals surface area contributed by atoms with Crippen molar-refractivity contribution in [2.24, 2.45) is 4.99 Å². The van der Waals surface area contributed by atoms with E-state index >= 15 is 0 Å². The van der Waals surface area contributed by atoms with Crippen molar-refractivity contribution in [3.8, 4) is 5.88 Å². The lowest BCUT2D eigenvalue weighted by Gasteiger charge is -2.25. The van der Waals surface area contributed by atoms with Gasteiger partial charge in [-0.15, -0.1) is 0 Å². The number of aromatic hydroxyl groups is 1. The maximum absolute atomic E-state index is 12.1. The minimum Gasteiger partial charge on any atom is -0.494 e. The summed E-state index contributed by atoms with van der Waals surface area (Å²) in [6, 6.07) is 0.145. The molecule has 0 radical (unpaired) electrons. The van der Waals surface area contributed by atoms with Gasteiger partial charge < -0.3 is 9.67 Å². The first kappa shape index (κ1) is 17.6. The summed E-state index contributed by atoms with van der Waals surface area (Å²) < 4.78 is 3.94. The van der Waals surface area contributed by atoms with Gasteiger partial charge in [0.2, 0.25) is 5.88 Å². The molecule has 1 saturated carbocycles. The van der Waals surface area contributed by atoms with E-state index in [0.29, 0.717) is 6.54 Å². The number of aliphatic imine (C=N–C) groups is 1. The van der Waals surface area contributed by atoms with E-state index < -0.39 is 5.56 Å². The smallest absolute Gasteiger partial charge is 0.264 e. The van der Waals surface area contributed by atoms with E-state index in [4.69, 9.17) is 12.2 Å². The highest BCUT2D eigenvalue weighted by Gasteiger charge is 2.20. The van der Waals surface area contributed by atoms with Crippen LogP contribution < -0.4 is 5.56 Å². The molecule has 1 aliphatic rings. The van der Waals surface area contributed by atoms with Crippen molar-refractivity contribution in [3.05, 3.63) is 39.4 Å². The summed E-state index contributed by atoms with van der Waals surface area (Å²) in [5, 5.41) is 10.6. The number of aromatic amines is 1. The number of H-pyrrole nitrogens is 1. The van der Waals surface area contributed by atoms with Gasteiger partial charge in [0.25, 0.3) is 5.56 Å². The lowest BCUT2D eigenvalue weighted by atomic mass is 9.95. The van der Waals surface area contributed by atoms with Crippen molar-refractivity contribution in [3.63, 3.8) is 0 Å². The van der Waals surface area contributed by atoms with E-state index in [1.807, 2.05) is 10.8 Å². The lowest BCUT2D eigenvalue weighted by Crippen LogP contribution is -2.23. The Labute approximate surface area is 151 Å². The fourth-order valence-electron chi connectivity index (χ4n) is 3.27. The van der Waals surface area contributed by atoms with Gasteiger partial charge in [-0.25, -0.2) is 4.98 Å². The molecule has 0 amide bonds. The number of hydrogen-bond acceptors (Lipinski definition) is 5. The van der Waals surface area contributed by atoms with Crippen LogP contribution in [0, 0.1) is 4.77 Å². The van der Waals surface area contributed by atoms with Gasteiger partial charge >= 0.3 is 0 Å². The van der Waals surface area contributed by atoms with Crippen LogP contribution in [0.25, 0.3) is 0 Å². The van der Waals surface area contributed by atoms with Gasteiger partial charge in [0.05, 0.1) is 6.33 Å². The van der Waals surface area contributed by atoms with Crippen molar-refractivity contribution < 1.29 is 5.11 Å². The molecule has 2 aromatic heterocycles. The third-order valence-electron chi connectivity index (χ3n) is 4.58. The molecule has 0 bridgehead atoms. The Morgan fingerprint density at radius 1 is 1.40 bits per heavy atom. The third kappa shape index (κ3) is 4.25. The molecule has 0 aliphatic heterocycles. The Morgan fingerprint density at radius 3 is 2.92 bits per heavy atom. The van der Waals surface area contributed by atoms with E-state index in [0.717, 1.165) is 38.6 Å². The molecule has 7 nitrogen and oxygen atoms in total. The summed E-state index contributed by atoms with van der Waals surface area (Å²) in [7, 11) is 0. The molecular formula is C17H23N5O2S. The van der Waals surface area contributed by atoms with E-state index in [2.05, 4.69) is 15.0 Å². The molecule has 3 rings (SSSR count). The summed E-state index contributed by atoms with van der Waals surface area (Å²) in [4.78, 5) is 23.1. The van der Waals surface area contributed by atoms with E-state index in [9.17, 15) is 9.90 Å². The fourth-order valence-corrected chi connectivity index (χ4v) is 3.59. The first-order chi connectivity index (χ1) is 12.2. The van der Waals surface area contributed by atoms with Crippen molar-refractivity contribution in [1.82, 2.24) is 19.1 Å². The zero-order valence-electron chi connectivity index (χ0n) is 14.1. The normalized spacial score (nSPS) is 15.8. The van der Waals surface area contributed by atoms with Crippen molar-refractivity contribution >= 4 is 18.4 Å². The first-order valence-electron chi connectivity index (χ1n) is 8.70. The van der Waals surface area contributed by atoms with Crippen molar-refractivity contribution in [2.75, 3.05) is 6.54 Å². The number of rotatable bonds is 6. The average Bonchev–Trinajstić information content (AvgIpc) is 3.11. The summed E-state index contributed by atoms with van der Waals surface area (Å²) in [6.07, 6.45) is 13.0. The van der Waals surface area contributed by atoms with Crippen LogP contribution in [0.3, 0.4) is 0 Å². The maximum atomic E-state index is 12.1. The lowest BCUT2D eigenvalue weighted by molar-refractivity contribution is 0.303. The molecule has 8 heteroatoms. The summed E-state index contributed by atoms with van der Waals surface area (Å²) in [6.45, 7) is 1.38. The average molecular weight is 361 g/mol. The minimum absolute atomic E-state index is 0.0704. The van der Waals surface area contributed by atoms with Crippen LogP contribution in [0.5, 0.6) is 5.88 Å². The van der Waals surface area contributed by atoms with Gasteiger partial charge in [0.15, 0.2) is 4.77 Å². The molecule has 1 fully saturated rings. The topological polar surface area (TPSA) is 88.2 Å². The molecule has 0 atom stereocenters. The highest BCUT2D eigenvalue weighted by molar-refractivity contribution is 7.71. The van der Waals surface area contributed by atoms with Crippen LogP contribution >= 0.6 is 12.2 Å². The Hall–Kier alpha value is -2.22. The molecule has 2 heterocycles. The van der Waals surface area contributed by atoms with Crippen LogP contribution in [0.4, 0.5) is 0 Å². The summed E-state index contributed by atoms with van der Waals surface area (Å²) in [5.41, 5.74) is -0.213. The van der Waals surface area contributed by atoms with Gasteiger partial charge in [-0.2, -0.15) is 0 Å². The second-order valence-electron chi connectivity index (χ2n) is 6.35. The van der Waals surface area contributed by atoms with E-state index in [-0.39, 0.29) is 22.3 Å². The molecule has 2 aromatic rings. The molecule has 0 aromatic carbocycles. The third-order valence-corrected chi connectivity index (χ3v) is 4.87. The van der Waals surface area contributed by atoms with Crippen molar-refractivity contribution in [2.45, 2.75) is 51.1 Å². The quantitative estimate of drug-likeness (QED) is 0.470. The SMILES string of the molecule is O=c1[nH]c(=S)n(C2CCCCC2)c(O)c1C=NCCCn1ccnc1. The van der Waals surface area contributed by atoms with Crippen LogP contribution in [0.1, 0.15) is 50.1 Å². The summed E-state index contributed by atoms with van der Waals surface area (Å²) >= 11 is 5.26. The second-order valence-corrected chi connectivity index (χ2v) is 6.73. The van der Waals surface area contributed by atoms with Gasteiger partial charge in [-0.3, -0.25) is 19.3 Å². The van der Waals surface area contributed by atoms with Crippen LogP contribution in [-0.4, -0.2) is 37.0 Å². The summed E-state index contributed by atoms with van der Waals surface area (Å²) in [5.74, 6) is -0.0704. The van der Waals surface area contributed by atoms with E-state index in [1.54, 1.807) is 17.1 Å². The largest absolute Gasteiger partial charge is 0.494 e. The predicted octanol–water partition coefficient (Wildman–Crippen LogP) is 2.82. The highest BCUT2D eigenvalue weighted by Crippen LogP contribution is 2.31. The molecular weight excluding hydrogens is 338 g/mol. The standard InChI is InChI=1S/C17H23N5O2S/c23-15-14(11-18-7-4-9-21-10-8-19-12-21)16(24)22(17(25)20-15)13-5-2-1-3-6-13/h8,10-13,24H,1-7,9H2,(H,20,23,25). The number of nitrogens with zero attached hydrogens (tertiary/aromatic N) is 4. The molecule has 134 valence electrons. The number of nitrogens with one attached hydrogen (secondary N) is 1. The molecule has 0 spiro atoms. The molecule has 0 unspecified atom stereocenters. The first-order valence-corrected chi connectivity index (χ1v) is 9.11. The predicted molar refractivity (Wildman–Crippen MR) is 99.0 cm³/mol. The Kier molecular flexibility index (Phi) is 5.80. The van der Waals surface area contributed by atoms with Crippen LogP contribution in [0.15, 0.2) is 28.5 Å². The number of imidazole rings is 1. The molecule has 0 saturated heterocycles. The van der Waals surface area contributed by atoms with E-state index in [1.165, 1.54) is 12.6 Å². The van der Waals surface area contributed by atoms with Gasteiger partial charge in [0, 0.05) is 37.7 Å². The Balaban J connectivity index is 1.72. The molecule has 1 aliphatic carbocycles. The van der Waals surface area contributed by atoms with Crippen molar-refractivity contribution in [1.29, 1.82) is 0 Å². The van der Waals surface area contributed by atoms with Crippen LogP contribution in [0.2, 0.25) is 0 Å². The zero-order chi connectivity index (χ0) is 17.6. The van der Waals surface area contributed by atoms with Gasteiger partial charge in [-0.1, -0.05) is 19.3 Å². The second kappa shape index (κ2) is 8.24. The van der Waals surface area contributed by atoms with Gasteiger partial charge in [0.1, 0.15) is 5.56 Å². The highest BCUT2D eigenvalue weighted by atomic mass is 32.1.